The van der Waals surface area contributed by atoms with Crippen LogP contribution in [0.5, 0.6) is 0 Å². The minimum absolute atomic E-state index is 0.0669. The largest absolute Gasteiger partial charge is 0.481 e. The van der Waals surface area contributed by atoms with Gasteiger partial charge in [0.15, 0.2) is 0 Å². The highest BCUT2D eigenvalue weighted by molar-refractivity contribution is 5.74. The molecule has 6 heteroatoms. The first-order chi connectivity index (χ1) is 7.99. The standard InChI is InChI=1S/C11H22N2O4/c1-9(8-14)13(2)11(17)12-7-5-3-4-6-10(15)16/h9,14H,3-8H2,1-2H3,(H,12,17)(H,15,16). The fourth-order valence-electron chi connectivity index (χ4n) is 1.22. The Bertz CT molecular complexity index is 246. The molecular formula is C11H22N2O4. The molecule has 0 saturated carbocycles. The van der Waals surface area contributed by atoms with Crippen LogP contribution in [0, 0.1) is 0 Å². The normalized spacial score (nSPS) is 11.9. The van der Waals surface area contributed by atoms with Crippen LogP contribution in [0.2, 0.25) is 0 Å². The van der Waals surface area contributed by atoms with Crippen molar-refractivity contribution in [2.45, 2.75) is 38.6 Å². The van der Waals surface area contributed by atoms with Crippen LogP contribution in [0.15, 0.2) is 0 Å². The first kappa shape index (κ1) is 15.7. The van der Waals surface area contributed by atoms with Gasteiger partial charge in [-0.15, -0.1) is 0 Å². The number of carbonyl (C=O) groups is 2. The van der Waals surface area contributed by atoms with E-state index in [9.17, 15) is 9.59 Å². The summed E-state index contributed by atoms with van der Waals surface area (Å²) in [4.78, 5) is 23.2. The van der Waals surface area contributed by atoms with E-state index in [4.69, 9.17) is 10.2 Å². The van der Waals surface area contributed by atoms with E-state index in [2.05, 4.69) is 5.32 Å². The van der Waals surface area contributed by atoms with Gasteiger partial charge in [0.1, 0.15) is 0 Å². The quantitative estimate of drug-likeness (QED) is 0.549. The Balaban J connectivity index is 3.54. The molecule has 17 heavy (non-hydrogen) atoms. The molecule has 0 rings (SSSR count). The zero-order valence-electron chi connectivity index (χ0n) is 10.5. The van der Waals surface area contributed by atoms with Crippen molar-refractivity contribution in [3.63, 3.8) is 0 Å². The van der Waals surface area contributed by atoms with Crippen molar-refractivity contribution in [3.05, 3.63) is 0 Å². The van der Waals surface area contributed by atoms with Crippen LogP contribution in [0.1, 0.15) is 32.6 Å². The van der Waals surface area contributed by atoms with Crippen LogP contribution < -0.4 is 5.32 Å². The highest BCUT2D eigenvalue weighted by atomic mass is 16.4. The smallest absolute Gasteiger partial charge is 0.317 e. The third kappa shape index (κ3) is 7.57. The van der Waals surface area contributed by atoms with Gasteiger partial charge in [0.2, 0.25) is 0 Å². The Hall–Kier alpha value is -1.30. The van der Waals surface area contributed by atoms with E-state index in [0.717, 1.165) is 12.8 Å². The van der Waals surface area contributed by atoms with E-state index in [1.807, 2.05) is 0 Å². The van der Waals surface area contributed by atoms with Crippen molar-refractivity contribution in [2.24, 2.45) is 0 Å². The summed E-state index contributed by atoms with van der Waals surface area (Å²) >= 11 is 0. The van der Waals surface area contributed by atoms with E-state index < -0.39 is 5.97 Å². The first-order valence-electron chi connectivity index (χ1n) is 5.82. The molecule has 0 heterocycles. The number of amides is 2. The molecule has 0 aromatic heterocycles. The Labute approximate surface area is 102 Å². The van der Waals surface area contributed by atoms with Crippen molar-refractivity contribution in [3.8, 4) is 0 Å². The number of urea groups is 1. The predicted molar refractivity (Wildman–Crippen MR) is 63.8 cm³/mol. The maximum absolute atomic E-state index is 11.5. The minimum Gasteiger partial charge on any atom is -0.481 e. The fraction of sp³-hybridized carbons (Fsp3) is 0.818. The Kier molecular flexibility index (Phi) is 8.13. The number of hydrogen-bond acceptors (Lipinski definition) is 3. The number of aliphatic hydroxyl groups excluding tert-OH is 1. The van der Waals surface area contributed by atoms with Crippen LogP contribution in [0.25, 0.3) is 0 Å². The molecule has 0 aromatic carbocycles. The predicted octanol–water partition coefficient (Wildman–Crippen LogP) is 0.654. The highest BCUT2D eigenvalue weighted by Crippen LogP contribution is 1.99. The van der Waals surface area contributed by atoms with Gasteiger partial charge >= 0.3 is 12.0 Å². The van der Waals surface area contributed by atoms with Crippen molar-refractivity contribution >= 4 is 12.0 Å². The van der Waals surface area contributed by atoms with Crippen LogP contribution >= 0.6 is 0 Å². The SMILES string of the molecule is CC(CO)N(C)C(=O)NCCCCCC(=O)O. The van der Waals surface area contributed by atoms with E-state index in [1.54, 1.807) is 14.0 Å². The molecule has 3 N–H and O–H groups in total. The number of aliphatic carboxylic acids is 1. The van der Waals surface area contributed by atoms with E-state index in [1.165, 1.54) is 4.90 Å². The van der Waals surface area contributed by atoms with Crippen molar-refractivity contribution in [1.82, 2.24) is 10.2 Å². The lowest BCUT2D eigenvalue weighted by Crippen LogP contribution is -2.44. The molecule has 0 aliphatic rings. The average molecular weight is 246 g/mol. The summed E-state index contributed by atoms with van der Waals surface area (Å²) in [5.41, 5.74) is 0. The third-order valence-electron chi connectivity index (χ3n) is 2.59. The number of nitrogens with one attached hydrogen (secondary N) is 1. The number of aliphatic hydroxyl groups is 1. The van der Waals surface area contributed by atoms with Gasteiger partial charge < -0.3 is 20.4 Å². The van der Waals surface area contributed by atoms with Crippen molar-refractivity contribution in [1.29, 1.82) is 0 Å². The molecule has 0 fully saturated rings. The summed E-state index contributed by atoms with van der Waals surface area (Å²) in [7, 11) is 1.63. The van der Waals surface area contributed by atoms with Gasteiger partial charge in [-0.25, -0.2) is 4.79 Å². The molecule has 2 amide bonds. The first-order valence-corrected chi connectivity index (χ1v) is 5.82. The molecule has 0 radical (unpaired) electrons. The van der Waals surface area contributed by atoms with E-state index in [-0.39, 0.29) is 25.1 Å². The van der Waals surface area contributed by atoms with Crippen LogP contribution in [0.3, 0.4) is 0 Å². The molecule has 0 aliphatic heterocycles. The molecule has 0 spiro atoms. The Morgan fingerprint density at radius 2 is 1.94 bits per heavy atom. The number of carboxylic acid groups (broad SMARTS) is 1. The molecule has 0 bridgehead atoms. The molecule has 6 nitrogen and oxygen atoms in total. The number of nitrogens with zero attached hydrogens (tertiary/aromatic N) is 1. The second-order valence-corrected chi connectivity index (χ2v) is 4.08. The summed E-state index contributed by atoms with van der Waals surface area (Å²) in [6, 6.07) is -0.424. The number of unbranched alkanes of at least 4 members (excludes halogenated alkanes) is 2. The monoisotopic (exact) mass is 246 g/mol. The van der Waals surface area contributed by atoms with Crippen LogP contribution in [-0.4, -0.2) is 53.4 Å². The molecule has 1 atom stereocenters. The van der Waals surface area contributed by atoms with Crippen LogP contribution in [0.4, 0.5) is 4.79 Å². The summed E-state index contributed by atoms with van der Waals surface area (Å²) in [5.74, 6) is -0.787. The topological polar surface area (TPSA) is 89.9 Å². The second kappa shape index (κ2) is 8.81. The third-order valence-corrected chi connectivity index (χ3v) is 2.59. The summed E-state index contributed by atoms with van der Waals surface area (Å²) in [6.45, 7) is 2.22. The van der Waals surface area contributed by atoms with Crippen molar-refractivity contribution < 1.29 is 19.8 Å². The lowest BCUT2D eigenvalue weighted by atomic mass is 10.2. The molecule has 1 unspecified atom stereocenters. The van der Waals surface area contributed by atoms with E-state index in [0.29, 0.717) is 13.0 Å². The number of carboxylic acids is 1. The zero-order chi connectivity index (χ0) is 13.3. The lowest BCUT2D eigenvalue weighted by Gasteiger charge is -2.23. The minimum atomic E-state index is -0.787. The lowest BCUT2D eigenvalue weighted by molar-refractivity contribution is -0.137. The molecular weight excluding hydrogens is 224 g/mol. The molecule has 0 aromatic rings. The van der Waals surface area contributed by atoms with E-state index >= 15 is 0 Å². The van der Waals surface area contributed by atoms with Gasteiger partial charge in [-0.1, -0.05) is 6.42 Å². The summed E-state index contributed by atoms with van der Waals surface area (Å²) in [6.07, 6.45) is 2.36. The number of rotatable bonds is 8. The maximum atomic E-state index is 11.5. The average Bonchev–Trinajstić information content (AvgIpc) is 2.30. The number of carbonyl (C=O) groups excluding carboxylic acids is 1. The summed E-state index contributed by atoms with van der Waals surface area (Å²) < 4.78 is 0. The van der Waals surface area contributed by atoms with Gasteiger partial charge in [-0.05, 0) is 19.8 Å². The maximum Gasteiger partial charge on any atom is 0.317 e. The number of hydrogen-bond donors (Lipinski definition) is 3. The highest BCUT2D eigenvalue weighted by Gasteiger charge is 2.13. The van der Waals surface area contributed by atoms with Gasteiger partial charge in [0.05, 0.1) is 12.6 Å². The Morgan fingerprint density at radius 3 is 2.47 bits per heavy atom. The molecule has 100 valence electrons. The summed E-state index contributed by atoms with van der Waals surface area (Å²) in [5, 5.41) is 20.0. The van der Waals surface area contributed by atoms with Gasteiger partial charge in [-0.3, -0.25) is 4.79 Å². The van der Waals surface area contributed by atoms with Gasteiger partial charge in [-0.2, -0.15) is 0 Å². The molecule has 0 saturated heterocycles. The zero-order valence-corrected chi connectivity index (χ0v) is 10.5. The second-order valence-electron chi connectivity index (χ2n) is 4.08. The fourth-order valence-corrected chi connectivity index (χ4v) is 1.22. The number of likely N-dealkylation sites (N-methyl/N-ethyl adjacent to an activating group) is 1. The van der Waals surface area contributed by atoms with Crippen molar-refractivity contribution in [2.75, 3.05) is 20.2 Å². The van der Waals surface area contributed by atoms with Gasteiger partial charge in [0, 0.05) is 20.0 Å². The van der Waals surface area contributed by atoms with Crippen LogP contribution in [-0.2, 0) is 4.79 Å². The Morgan fingerprint density at radius 1 is 1.29 bits per heavy atom. The van der Waals surface area contributed by atoms with Gasteiger partial charge in [0.25, 0.3) is 0 Å². The molecule has 0 aliphatic carbocycles.